The standard InChI is InChI=1S/C13H16Cl4OSi/c14-12(15,10-6-2-1-3-7-10)13(16,17)19-11-8-4-5-9-18-11/h1-3,6-7,11H,4-5,8-9,19H2. The van der Waals surface area contributed by atoms with Gasteiger partial charge in [0.25, 0.3) is 0 Å². The van der Waals surface area contributed by atoms with E-state index in [1.165, 1.54) is 0 Å². The first-order chi connectivity index (χ1) is 8.93. The molecule has 2 rings (SSSR count). The van der Waals surface area contributed by atoms with Gasteiger partial charge in [-0.3, -0.25) is 0 Å². The van der Waals surface area contributed by atoms with Crippen molar-refractivity contribution >= 4 is 55.9 Å². The Balaban J connectivity index is 2.12. The molecule has 1 nitrogen and oxygen atoms in total. The van der Waals surface area contributed by atoms with Crippen LogP contribution in [0.5, 0.6) is 0 Å². The molecule has 1 aliphatic rings. The molecule has 0 spiro atoms. The van der Waals surface area contributed by atoms with Gasteiger partial charge in [0.1, 0.15) is 13.5 Å². The first kappa shape index (κ1) is 15.9. The first-order valence-corrected chi connectivity index (χ1v) is 9.40. The molecule has 0 bridgehead atoms. The molecule has 1 heterocycles. The molecule has 0 radical (unpaired) electrons. The van der Waals surface area contributed by atoms with Crippen LogP contribution < -0.4 is 0 Å². The van der Waals surface area contributed by atoms with E-state index in [1.807, 2.05) is 30.3 Å². The lowest BCUT2D eigenvalue weighted by atomic mass is 10.1. The van der Waals surface area contributed by atoms with E-state index in [1.54, 1.807) is 0 Å². The van der Waals surface area contributed by atoms with Crippen molar-refractivity contribution in [2.24, 2.45) is 0 Å². The van der Waals surface area contributed by atoms with Crippen molar-refractivity contribution in [3.63, 3.8) is 0 Å². The smallest absolute Gasteiger partial charge is 0.172 e. The van der Waals surface area contributed by atoms with E-state index in [2.05, 4.69) is 0 Å². The minimum atomic E-state index is -1.30. The van der Waals surface area contributed by atoms with Crippen LogP contribution in [-0.2, 0) is 9.07 Å². The van der Waals surface area contributed by atoms with Gasteiger partial charge in [0.05, 0.1) is 0 Å². The predicted octanol–water partition coefficient (Wildman–Crippen LogP) is 4.14. The van der Waals surface area contributed by atoms with E-state index in [9.17, 15) is 0 Å². The molecule has 1 saturated heterocycles. The number of ether oxygens (including phenoxy) is 1. The van der Waals surface area contributed by atoms with E-state index in [0.717, 1.165) is 31.4 Å². The second-order valence-corrected chi connectivity index (χ2v) is 10.9. The molecule has 19 heavy (non-hydrogen) atoms. The summed E-state index contributed by atoms with van der Waals surface area (Å²) in [6.45, 7) is 0.782. The molecule has 0 N–H and O–H groups in total. The van der Waals surface area contributed by atoms with E-state index in [-0.39, 0.29) is 5.73 Å². The van der Waals surface area contributed by atoms with Crippen molar-refractivity contribution in [2.75, 3.05) is 6.61 Å². The number of hydrogen-bond acceptors (Lipinski definition) is 1. The van der Waals surface area contributed by atoms with Gasteiger partial charge >= 0.3 is 0 Å². The Morgan fingerprint density at radius 1 is 1.05 bits per heavy atom. The maximum atomic E-state index is 6.48. The van der Waals surface area contributed by atoms with E-state index in [0.29, 0.717) is 0 Å². The summed E-state index contributed by atoms with van der Waals surface area (Å²) in [5, 5.41) is 0. The number of alkyl halides is 4. The maximum Gasteiger partial charge on any atom is 0.172 e. The molecule has 1 aromatic rings. The molecular formula is C13H16Cl4OSi. The molecule has 1 aromatic carbocycles. The Hall–Kier alpha value is 0.557. The van der Waals surface area contributed by atoms with Crippen LogP contribution in [0.2, 0.25) is 0 Å². The minimum absolute atomic E-state index is 0.157. The molecule has 1 fully saturated rings. The Morgan fingerprint density at radius 2 is 1.74 bits per heavy atom. The summed E-state index contributed by atoms with van der Waals surface area (Å²) < 4.78 is 3.27. The number of rotatable bonds is 4. The van der Waals surface area contributed by atoms with Crippen LogP contribution in [0.1, 0.15) is 24.8 Å². The summed E-state index contributed by atoms with van der Waals surface area (Å²) in [5.74, 6) is 0. The molecular weight excluding hydrogens is 342 g/mol. The van der Waals surface area contributed by atoms with Gasteiger partial charge in [-0.15, -0.1) is 23.2 Å². The Kier molecular flexibility index (Phi) is 5.49. The molecule has 6 heteroatoms. The van der Waals surface area contributed by atoms with Gasteiger partial charge in [0.15, 0.2) is 4.33 Å². The topological polar surface area (TPSA) is 9.23 Å². The largest absolute Gasteiger partial charge is 0.382 e. The molecule has 0 saturated carbocycles. The van der Waals surface area contributed by atoms with E-state index >= 15 is 0 Å². The summed E-state index contributed by atoms with van der Waals surface area (Å²) in [5.41, 5.74) is 0.885. The highest BCUT2D eigenvalue weighted by Gasteiger charge is 2.49. The van der Waals surface area contributed by atoms with Gasteiger partial charge in [0, 0.05) is 12.3 Å². The van der Waals surface area contributed by atoms with Crippen molar-refractivity contribution < 1.29 is 4.74 Å². The average molecular weight is 358 g/mol. The van der Waals surface area contributed by atoms with Crippen molar-refractivity contribution in [3.8, 4) is 0 Å². The van der Waals surface area contributed by atoms with Crippen LogP contribution in [0.15, 0.2) is 30.3 Å². The zero-order valence-corrected chi connectivity index (χ0v) is 14.9. The predicted molar refractivity (Wildman–Crippen MR) is 86.4 cm³/mol. The van der Waals surface area contributed by atoms with Gasteiger partial charge < -0.3 is 4.74 Å². The highest BCUT2D eigenvalue weighted by molar-refractivity contribution is 6.79. The fourth-order valence-electron chi connectivity index (χ4n) is 2.24. The lowest BCUT2D eigenvalue weighted by Crippen LogP contribution is -2.46. The summed E-state index contributed by atoms with van der Waals surface area (Å²) in [6.07, 6.45) is 3.27. The fourth-order valence-corrected chi connectivity index (χ4v) is 6.02. The van der Waals surface area contributed by atoms with Crippen LogP contribution in [0.4, 0.5) is 0 Å². The molecule has 0 amide bonds. The van der Waals surface area contributed by atoms with Gasteiger partial charge in [0.2, 0.25) is 0 Å². The molecule has 0 aliphatic carbocycles. The zero-order chi connectivity index (χ0) is 13.9. The summed E-state index contributed by atoms with van der Waals surface area (Å²) >= 11 is 25.9. The lowest BCUT2D eigenvalue weighted by Gasteiger charge is -2.36. The second kappa shape index (κ2) is 6.55. The van der Waals surface area contributed by atoms with Gasteiger partial charge in [-0.2, -0.15) is 0 Å². The molecule has 1 aliphatic heterocycles. The highest BCUT2D eigenvalue weighted by Crippen LogP contribution is 2.50. The zero-order valence-electron chi connectivity index (χ0n) is 10.4. The van der Waals surface area contributed by atoms with Crippen molar-refractivity contribution in [1.82, 2.24) is 0 Å². The Morgan fingerprint density at radius 3 is 2.32 bits per heavy atom. The third-order valence-electron chi connectivity index (χ3n) is 3.35. The van der Waals surface area contributed by atoms with Gasteiger partial charge in [-0.1, -0.05) is 53.5 Å². The maximum absolute atomic E-state index is 6.48. The Labute approximate surface area is 136 Å². The highest BCUT2D eigenvalue weighted by atomic mass is 35.5. The van der Waals surface area contributed by atoms with Gasteiger partial charge in [-0.05, 0) is 24.8 Å². The first-order valence-electron chi connectivity index (χ1n) is 6.36. The fraction of sp³-hybridized carbons (Fsp3) is 0.538. The van der Waals surface area contributed by atoms with Crippen LogP contribution in [0.25, 0.3) is 0 Å². The number of hydrogen-bond donors (Lipinski definition) is 0. The Bertz CT molecular complexity index is 404. The lowest BCUT2D eigenvalue weighted by molar-refractivity contribution is 0.0644. The molecule has 1 unspecified atom stereocenters. The second-order valence-electron chi connectivity index (χ2n) is 4.84. The third kappa shape index (κ3) is 3.81. The quantitative estimate of drug-likeness (QED) is 0.581. The monoisotopic (exact) mass is 356 g/mol. The third-order valence-corrected chi connectivity index (χ3v) is 8.91. The minimum Gasteiger partial charge on any atom is -0.382 e. The van der Waals surface area contributed by atoms with Crippen molar-refractivity contribution in [3.05, 3.63) is 35.9 Å². The van der Waals surface area contributed by atoms with E-state index < -0.39 is 17.8 Å². The van der Waals surface area contributed by atoms with Crippen LogP contribution in [-0.4, -0.2) is 25.8 Å². The van der Waals surface area contributed by atoms with Gasteiger partial charge in [-0.25, -0.2) is 0 Å². The van der Waals surface area contributed by atoms with Crippen molar-refractivity contribution in [2.45, 2.75) is 33.3 Å². The number of halogens is 4. The van der Waals surface area contributed by atoms with Crippen LogP contribution >= 0.6 is 46.4 Å². The SMILES string of the molecule is ClC(Cl)([SiH2]C1CCCCO1)C(Cl)(Cl)c1ccccc1. The summed E-state index contributed by atoms with van der Waals surface area (Å²) in [7, 11) is -1.01. The normalized spacial score (nSPS) is 22.0. The average Bonchev–Trinajstić information content (AvgIpc) is 2.40. The number of benzene rings is 1. The van der Waals surface area contributed by atoms with Crippen molar-refractivity contribution in [1.29, 1.82) is 0 Å². The summed E-state index contributed by atoms with van der Waals surface area (Å²) in [6, 6.07) is 9.33. The summed E-state index contributed by atoms with van der Waals surface area (Å²) in [4.78, 5) is 0. The molecule has 0 aromatic heterocycles. The van der Waals surface area contributed by atoms with Crippen LogP contribution in [0, 0.1) is 0 Å². The van der Waals surface area contributed by atoms with E-state index in [4.69, 9.17) is 51.1 Å². The van der Waals surface area contributed by atoms with Crippen LogP contribution in [0.3, 0.4) is 0 Å². The molecule has 1 atom stereocenters. The molecule has 106 valence electrons.